The van der Waals surface area contributed by atoms with Gasteiger partial charge in [0, 0.05) is 38.4 Å². The van der Waals surface area contributed by atoms with Gasteiger partial charge in [0.2, 0.25) is 5.91 Å². The maximum absolute atomic E-state index is 11.9. The van der Waals surface area contributed by atoms with Crippen molar-refractivity contribution in [3.05, 3.63) is 11.8 Å². The second-order valence-electron chi connectivity index (χ2n) is 4.78. The molecular formula is C12H20N2O2. The molecule has 0 aromatic heterocycles. The highest BCUT2D eigenvalue weighted by Crippen LogP contribution is 2.21. The zero-order valence-electron chi connectivity index (χ0n) is 9.85. The Labute approximate surface area is 96.5 Å². The highest BCUT2D eigenvalue weighted by atomic mass is 16.3. The molecule has 1 aliphatic heterocycles. The van der Waals surface area contributed by atoms with E-state index in [0.717, 1.165) is 25.9 Å². The predicted molar refractivity (Wildman–Crippen MR) is 61.7 cm³/mol. The van der Waals surface area contributed by atoms with Crippen LogP contribution in [0.2, 0.25) is 0 Å². The van der Waals surface area contributed by atoms with E-state index < -0.39 is 0 Å². The quantitative estimate of drug-likeness (QED) is 0.753. The molecule has 0 radical (unpaired) electrons. The fourth-order valence-electron chi connectivity index (χ4n) is 2.34. The number of allylic oxidation sites excluding steroid dienone is 2. The van der Waals surface area contributed by atoms with Crippen molar-refractivity contribution in [1.29, 1.82) is 0 Å². The van der Waals surface area contributed by atoms with Crippen LogP contribution in [-0.2, 0) is 4.79 Å². The van der Waals surface area contributed by atoms with E-state index >= 15 is 0 Å². The molecule has 1 amide bonds. The summed E-state index contributed by atoms with van der Waals surface area (Å²) in [6.07, 6.45) is 5.46. The number of aliphatic hydroxyl groups excluding tert-OH is 1. The maximum atomic E-state index is 11.9. The Kier molecular flexibility index (Phi) is 3.61. The van der Waals surface area contributed by atoms with E-state index in [2.05, 4.69) is 11.0 Å². The van der Waals surface area contributed by atoms with Crippen molar-refractivity contribution in [3.8, 4) is 0 Å². The molecule has 0 atom stereocenters. The first-order chi connectivity index (χ1) is 7.70. The molecule has 0 bridgehead atoms. The Morgan fingerprint density at radius 2 is 2.38 bits per heavy atom. The average molecular weight is 224 g/mol. The summed E-state index contributed by atoms with van der Waals surface area (Å²) in [5, 5.41) is 8.89. The van der Waals surface area contributed by atoms with E-state index in [9.17, 15) is 4.79 Å². The first kappa shape index (κ1) is 11.6. The minimum Gasteiger partial charge on any atom is -0.396 e. The average Bonchev–Trinajstić information content (AvgIpc) is 2.74. The van der Waals surface area contributed by atoms with E-state index in [0.29, 0.717) is 12.5 Å². The van der Waals surface area contributed by atoms with E-state index in [1.54, 1.807) is 4.90 Å². The number of nitrogens with zero attached hydrogens (tertiary/aromatic N) is 2. The Morgan fingerprint density at radius 1 is 1.62 bits per heavy atom. The summed E-state index contributed by atoms with van der Waals surface area (Å²) in [4.78, 5) is 15.8. The summed E-state index contributed by atoms with van der Waals surface area (Å²) in [7, 11) is 1.86. The Balaban J connectivity index is 1.75. The van der Waals surface area contributed by atoms with Gasteiger partial charge in [0.25, 0.3) is 0 Å². The lowest BCUT2D eigenvalue weighted by molar-refractivity contribution is -0.131. The Morgan fingerprint density at radius 3 is 2.94 bits per heavy atom. The number of carbonyl (C=O) groups is 1. The lowest BCUT2D eigenvalue weighted by Crippen LogP contribution is -2.52. The molecule has 1 saturated heterocycles. The number of likely N-dealkylation sites (tertiary alicyclic amines) is 1. The third-order valence-electron chi connectivity index (χ3n) is 3.47. The highest BCUT2D eigenvalue weighted by molar-refractivity contribution is 5.79. The summed E-state index contributed by atoms with van der Waals surface area (Å²) in [6.45, 7) is 2.44. The Hall–Kier alpha value is -0.870. The highest BCUT2D eigenvalue weighted by Gasteiger charge is 2.28. The summed E-state index contributed by atoms with van der Waals surface area (Å²) in [6, 6.07) is 0. The zero-order chi connectivity index (χ0) is 11.5. The molecule has 0 unspecified atom stereocenters. The van der Waals surface area contributed by atoms with Gasteiger partial charge in [-0.2, -0.15) is 0 Å². The molecule has 4 heteroatoms. The van der Waals surface area contributed by atoms with Gasteiger partial charge in [-0.25, -0.2) is 0 Å². The monoisotopic (exact) mass is 224 g/mol. The van der Waals surface area contributed by atoms with E-state index in [1.165, 1.54) is 12.1 Å². The number of likely N-dealkylation sites (N-methyl/N-ethyl adjacent to an activating group) is 1. The van der Waals surface area contributed by atoms with Crippen LogP contribution in [0.5, 0.6) is 0 Å². The third-order valence-corrected chi connectivity index (χ3v) is 3.47. The van der Waals surface area contributed by atoms with Gasteiger partial charge in [0.1, 0.15) is 0 Å². The van der Waals surface area contributed by atoms with E-state index in [1.807, 2.05) is 7.05 Å². The molecule has 2 rings (SSSR count). The lowest BCUT2D eigenvalue weighted by Gasteiger charge is -2.38. The molecule has 1 N–H and O–H groups in total. The van der Waals surface area contributed by atoms with Crippen LogP contribution in [0.3, 0.4) is 0 Å². The molecule has 0 aromatic carbocycles. The largest absolute Gasteiger partial charge is 0.396 e. The van der Waals surface area contributed by atoms with Gasteiger partial charge in [-0.1, -0.05) is 6.08 Å². The fourth-order valence-corrected chi connectivity index (χ4v) is 2.34. The second-order valence-corrected chi connectivity index (χ2v) is 4.78. The van der Waals surface area contributed by atoms with Crippen LogP contribution < -0.4 is 0 Å². The van der Waals surface area contributed by atoms with E-state index in [4.69, 9.17) is 5.11 Å². The van der Waals surface area contributed by atoms with Gasteiger partial charge in [-0.3, -0.25) is 9.69 Å². The minimum absolute atomic E-state index is 0.171. The van der Waals surface area contributed by atoms with Crippen molar-refractivity contribution in [2.24, 2.45) is 5.92 Å². The van der Waals surface area contributed by atoms with Gasteiger partial charge in [-0.15, -0.1) is 0 Å². The van der Waals surface area contributed by atoms with Crippen molar-refractivity contribution >= 4 is 5.91 Å². The third kappa shape index (κ3) is 2.44. The summed E-state index contributed by atoms with van der Waals surface area (Å²) in [5.41, 5.74) is 1.17. The summed E-state index contributed by atoms with van der Waals surface area (Å²) in [5.74, 6) is 0.549. The smallest absolute Gasteiger partial charge is 0.240 e. The van der Waals surface area contributed by atoms with Crippen molar-refractivity contribution in [2.45, 2.75) is 19.3 Å². The molecule has 1 fully saturated rings. The van der Waals surface area contributed by atoms with Gasteiger partial charge >= 0.3 is 0 Å². The number of hydrogen-bond acceptors (Lipinski definition) is 3. The van der Waals surface area contributed by atoms with Gasteiger partial charge < -0.3 is 10.0 Å². The molecule has 0 aromatic rings. The zero-order valence-corrected chi connectivity index (χ0v) is 9.85. The number of aliphatic hydroxyl groups is 1. The topological polar surface area (TPSA) is 43.8 Å². The van der Waals surface area contributed by atoms with Gasteiger partial charge in [0.05, 0.1) is 6.54 Å². The molecule has 4 nitrogen and oxygen atoms in total. The molecule has 0 spiro atoms. The van der Waals surface area contributed by atoms with E-state index in [-0.39, 0.29) is 12.5 Å². The van der Waals surface area contributed by atoms with Gasteiger partial charge in [-0.05, 0) is 19.3 Å². The molecule has 2 aliphatic rings. The minimum atomic E-state index is 0.171. The second kappa shape index (κ2) is 4.97. The van der Waals surface area contributed by atoms with Gasteiger partial charge in [0.15, 0.2) is 0 Å². The summed E-state index contributed by atoms with van der Waals surface area (Å²) < 4.78 is 0. The molecule has 1 aliphatic carbocycles. The van der Waals surface area contributed by atoms with Crippen LogP contribution >= 0.6 is 0 Å². The van der Waals surface area contributed by atoms with Crippen LogP contribution in [0.25, 0.3) is 0 Å². The predicted octanol–water partition coefficient (Wildman–Crippen LogP) is 0.437. The normalized spacial score (nSPS) is 21.8. The number of carbonyl (C=O) groups excluding carboxylic acids is 1. The molecule has 90 valence electrons. The van der Waals surface area contributed by atoms with Crippen molar-refractivity contribution in [3.63, 3.8) is 0 Å². The first-order valence-electron chi connectivity index (χ1n) is 5.99. The standard InChI is InChI=1S/C12H20N2O2/c1-13(11-4-2-3-5-11)12(16)8-14-6-10(7-14)9-15/h4,10,15H,2-3,5-9H2,1H3. The number of amides is 1. The first-order valence-corrected chi connectivity index (χ1v) is 5.99. The van der Waals surface area contributed by atoms with Crippen molar-refractivity contribution in [1.82, 2.24) is 9.80 Å². The fraction of sp³-hybridized carbons (Fsp3) is 0.750. The SMILES string of the molecule is CN(C(=O)CN1CC(CO)C1)C1=CCCC1. The van der Waals surface area contributed by atoms with Crippen molar-refractivity contribution < 1.29 is 9.90 Å². The Bertz CT molecular complexity index is 295. The maximum Gasteiger partial charge on any atom is 0.240 e. The molecular weight excluding hydrogens is 204 g/mol. The van der Waals surface area contributed by atoms with Crippen LogP contribution in [0, 0.1) is 5.92 Å². The molecule has 16 heavy (non-hydrogen) atoms. The molecule has 0 saturated carbocycles. The van der Waals surface area contributed by atoms with Crippen LogP contribution in [-0.4, -0.2) is 54.1 Å². The number of hydrogen-bond donors (Lipinski definition) is 1. The van der Waals surface area contributed by atoms with Crippen LogP contribution in [0.4, 0.5) is 0 Å². The van der Waals surface area contributed by atoms with Crippen LogP contribution in [0.15, 0.2) is 11.8 Å². The summed E-state index contributed by atoms with van der Waals surface area (Å²) >= 11 is 0. The van der Waals surface area contributed by atoms with Crippen molar-refractivity contribution in [2.75, 3.05) is 33.3 Å². The lowest BCUT2D eigenvalue weighted by atomic mass is 10.0. The molecule has 1 heterocycles. The van der Waals surface area contributed by atoms with Crippen LogP contribution in [0.1, 0.15) is 19.3 Å². The number of rotatable bonds is 4.